The Balaban J connectivity index is 2.20. The minimum Gasteiger partial charge on any atom is -0.395 e. The predicted molar refractivity (Wildman–Crippen MR) is 56.6 cm³/mol. The van der Waals surface area contributed by atoms with Gasteiger partial charge in [-0.3, -0.25) is 4.79 Å². The van der Waals surface area contributed by atoms with E-state index >= 15 is 0 Å². The minimum absolute atomic E-state index is 0.0169. The average molecular weight is 202 g/mol. The van der Waals surface area contributed by atoms with Crippen LogP contribution < -0.4 is 0 Å². The lowest BCUT2D eigenvalue weighted by Crippen LogP contribution is -2.60. The highest BCUT2D eigenvalue weighted by Gasteiger charge is 2.66. The van der Waals surface area contributed by atoms with Gasteiger partial charge in [-0.05, 0) is 17.5 Å². The Hall–Kier alpha value is -1.15. The van der Waals surface area contributed by atoms with Crippen LogP contribution in [0.5, 0.6) is 0 Å². The Morgan fingerprint density at radius 2 is 2.07 bits per heavy atom. The van der Waals surface area contributed by atoms with Crippen LogP contribution in [-0.2, 0) is 16.6 Å². The molecule has 0 heterocycles. The normalized spacial score (nSPS) is 37.1. The number of Topliss-reactive ketones (excluding diaryl/α,β-unsaturated/α-hetero) is 1. The number of hydrogen-bond donors (Lipinski definition) is 1. The van der Waals surface area contributed by atoms with Gasteiger partial charge in [-0.25, -0.2) is 0 Å². The van der Waals surface area contributed by atoms with Crippen LogP contribution in [0.2, 0.25) is 0 Å². The number of hydrogen-bond acceptors (Lipinski definition) is 2. The molecule has 0 bridgehead atoms. The number of aliphatic hydroxyl groups is 1. The average Bonchev–Trinajstić information content (AvgIpc) is 2.45. The molecule has 0 aliphatic heterocycles. The summed E-state index contributed by atoms with van der Waals surface area (Å²) in [6.45, 7) is 2.09. The molecule has 0 radical (unpaired) electrons. The summed E-state index contributed by atoms with van der Waals surface area (Å²) in [7, 11) is 0. The second-order valence-corrected chi connectivity index (χ2v) is 5.01. The van der Waals surface area contributed by atoms with Gasteiger partial charge in [0.25, 0.3) is 0 Å². The van der Waals surface area contributed by atoms with Crippen molar-refractivity contribution in [2.45, 2.75) is 25.2 Å². The fourth-order valence-electron chi connectivity index (χ4n) is 3.36. The molecule has 2 heteroatoms. The standard InChI is InChI=1S/C13H14O2/c1-12-7-11(15)13(12,8-14)6-9-4-2-3-5-10(9)12/h2-5,14H,6-8H2,1H3/t12-,13+/m1/s1. The third-order valence-corrected chi connectivity index (χ3v) is 4.48. The van der Waals surface area contributed by atoms with Gasteiger partial charge in [0.2, 0.25) is 0 Å². The van der Waals surface area contributed by atoms with Gasteiger partial charge in [-0.15, -0.1) is 0 Å². The second-order valence-electron chi connectivity index (χ2n) is 5.01. The summed E-state index contributed by atoms with van der Waals surface area (Å²) in [6.07, 6.45) is 1.31. The zero-order chi connectivity index (χ0) is 10.7. The molecule has 3 rings (SSSR count). The van der Waals surface area contributed by atoms with Crippen molar-refractivity contribution in [3.05, 3.63) is 35.4 Å². The van der Waals surface area contributed by atoms with Crippen molar-refractivity contribution in [1.82, 2.24) is 0 Å². The summed E-state index contributed by atoms with van der Waals surface area (Å²) < 4.78 is 0. The molecule has 0 aromatic heterocycles. The first kappa shape index (κ1) is 9.10. The van der Waals surface area contributed by atoms with Gasteiger partial charge in [-0.1, -0.05) is 31.2 Å². The number of rotatable bonds is 1. The molecule has 0 amide bonds. The lowest BCUT2D eigenvalue weighted by Gasteiger charge is -2.51. The molecular weight excluding hydrogens is 188 g/mol. The molecule has 15 heavy (non-hydrogen) atoms. The van der Waals surface area contributed by atoms with Gasteiger partial charge in [0.1, 0.15) is 5.78 Å². The summed E-state index contributed by atoms with van der Waals surface area (Å²) >= 11 is 0. The van der Waals surface area contributed by atoms with Crippen LogP contribution in [0.3, 0.4) is 0 Å². The van der Waals surface area contributed by atoms with E-state index in [4.69, 9.17) is 0 Å². The van der Waals surface area contributed by atoms with E-state index in [1.807, 2.05) is 12.1 Å². The highest BCUT2D eigenvalue weighted by atomic mass is 16.3. The molecule has 1 saturated carbocycles. The monoisotopic (exact) mass is 202 g/mol. The summed E-state index contributed by atoms with van der Waals surface area (Å²) in [5.41, 5.74) is 1.88. The van der Waals surface area contributed by atoms with Gasteiger partial charge < -0.3 is 5.11 Å². The molecule has 2 aliphatic carbocycles. The van der Waals surface area contributed by atoms with Gasteiger partial charge in [0.15, 0.2) is 0 Å². The van der Waals surface area contributed by atoms with E-state index in [1.54, 1.807) is 0 Å². The molecule has 2 aliphatic rings. The highest BCUT2D eigenvalue weighted by molar-refractivity contribution is 5.97. The summed E-state index contributed by atoms with van der Waals surface area (Å²) in [4.78, 5) is 11.8. The van der Waals surface area contributed by atoms with E-state index in [0.29, 0.717) is 6.42 Å². The molecular formula is C13H14O2. The molecule has 1 fully saturated rings. The van der Waals surface area contributed by atoms with Crippen LogP contribution in [-0.4, -0.2) is 17.5 Å². The first-order valence-electron chi connectivity index (χ1n) is 5.37. The summed E-state index contributed by atoms with van der Waals surface area (Å²) in [5.74, 6) is 0.226. The van der Waals surface area contributed by atoms with Crippen molar-refractivity contribution >= 4 is 5.78 Å². The van der Waals surface area contributed by atoms with E-state index in [2.05, 4.69) is 19.1 Å². The van der Waals surface area contributed by atoms with Crippen LogP contribution in [0, 0.1) is 5.41 Å². The number of benzene rings is 1. The Morgan fingerprint density at radius 1 is 1.33 bits per heavy atom. The number of carbonyl (C=O) groups is 1. The number of fused-ring (bicyclic) bond motifs is 3. The fourth-order valence-corrected chi connectivity index (χ4v) is 3.36. The topological polar surface area (TPSA) is 37.3 Å². The van der Waals surface area contributed by atoms with Crippen molar-refractivity contribution in [1.29, 1.82) is 0 Å². The third kappa shape index (κ3) is 0.787. The lowest BCUT2D eigenvalue weighted by molar-refractivity contribution is -0.151. The SMILES string of the molecule is C[C@]12CC(=O)[C@@]1(CO)Cc1ccccc12. The van der Waals surface area contributed by atoms with Crippen LogP contribution in [0.4, 0.5) is 0 Å². The Morgan fingerprint density at radius 3 is 2.73 bits per heavy atom. The Bertz CT molecular complexity index is 452. The maximum Gasteiger partial charge on any atom is 0.143 e. The van der Waals surface area contributed by atoms with E-state index < -0.39 is 5.41 Å². The number of aliphatic hydroxyl groups excluding tert-OH is 1. The van der Waals surface area contributed by atoms with Crippen LogP contribution in [0.1, 0.15) is 24.5 Å². The van der Waals surface area contributed by atoms with E-state index in [9.17, 15) is 9.90 Å². The molecule has 1 N–H and O–H groups in total. The van der Waals surface area contributed by atoms with E-state index in [-0.39, 0.29) is 17.8 Å². The maximum atomic E-state index is 11.8. The zero-order valence-electron chi connectivity index (χ0n) is 8.79. The second kappa shape index (κ2) is 2.50. The summed E-state index contributed by atoms with van der Waals surface area (Å²) in [5, 5.41) is 9.53. The van der Waals surface area contributed by atoms with Crippen LogP contribution in [0.25, 0.3) is 0 Å². The lowest BCUT2D eigenvalue weighted by atomic mass is 9.50. The van der Waals surface area contributed by atoms with Crippen molar-refractivity contribution in [2.24, 2.45) is 5.41 Å². The predicted octanol–water partition coefficient (Wildman–Crippen LogP) is 1.45. The van der Waals surface area contributed by atoms with Crippen molar-refractivity contribution < 1.29 is 9.90 Å². The maximum absolute atomic E-state index is 11.8. The minimum atomic E-state index is -0.503. The van der Waals surface area contributed by atoms with Gasteiger partial charge >= 0.3 is 0 Å². The summed E-state index contributed by atoms with van der Waals surface area (Å²) in [6, 6.07) is 8.19. The van der Waals surface area contributed by atoms with E-state index in [0.717, 1.165) is 6.42 Å². The van der Waals surface area contributed by atoms with Crippen molar-refractivity contribution in [3.8, 4) is 0 Å². The van der Waals surface area contributed by atoms with Crippen LogP contribution >= 0.6 is 0 Å². The molecule has 2 atom stereocenters. The largest absolute Gasteiger partial charge is 0.395 e. The molecule has 0 saturated heterocycles. The van der Waals surface area contributed by atoms with Crippen molar-refractivity contribution in [2.75, 3.05) is 6.61 Å². The van der Waals surface area contributed by atoms with Crippen LogP contribution in [0.15, 0.2) is 24.3 Å². The first-order chi connectivity index (χ1) is 7.14. The van der Waals surface area contributed by atoms with Gasteiger partial charge in [-0.2, -0.15) is 0 Å². The molecule has 2 nitrogen and oxygen atoms in total. The highest BCUT2D eigenvalue weighted by Crippen LogP contribution is 2.61. The zero-order valence-corrected chi connectivity index (χ0v) is 8.79. The third-order valence-electron chi connectivity index (χ3n) is 4.48. The number of carbonyl (C=O) groups excluding carboxylic acids is 1. The quantitative estimate of drug-likeness (QED) is 0.748. The molecule has 1 aromatic carbocycles. The Kier molecular flexibility index (Phi) is 1.52. The molecule has 78 valence electrons. The molecule has 0 spiro atoms. The van der Waals surface area contributed by atoms with Gasteiger partial charge in [0, 0.05) is 11.8 Å². The Labute approximate surface area is 88.9 Å². The first-order valence-corrected chi connectivity index (χ1v) is 5.37. The molecule has 0 unspecified atom stereocenters. The van der Waals surface area contributed by atoms with Gasteiger partial charge in [0.05, 0.1) is 12.0 Å². The number of ketones is 1. The van der Waals surface area contributed by atoms with Crippen molar-refractivity contribution in [3.63, 3.8) is 0 Å². The fraction of sp³-hybridized carbons (Fsp3) is 0.462. The van der Waals surface area contributed by atoms with E-state index in [1.165, 1.54) is 11.1 Å². The smallest absolute Gasteiger partial charge is 0.143 e. The molecule has 1 aromatic rings.